The average molecular weight is 292 g/mol. The molecule has 20 heavy (non-hydrogen) atoms. The smallest absolute Gasteiger partial charge is 0.341 e. The van der Waals surface area contributed by atoms with Gasteiger partial charge < -0.3 is 4.74 Å². The van der Waals surface area contributed by atoms with E-state index >= 15 is 0 Å². The molecule has 0 atom stereocenters. The number of carbonyl (C=O) groups is 1. The Morgan fingerprint density at radius 3 is 2.90 bits per heavy atom. The molecule has 0 saturated heterocycles. The Labute approximate surface area is 122 Å². The monoisotopic (exact) mass is 291 g/mol. The molecule has 6 heteroatoms. The van der Waals surface area contributed by atoms with E-state index in [1.807, 2.05) is 12.1 Å². The van der Waals surface area contributed by atoms with Crippen LogP contribution in [-0.2, 0) is 17.0 Å². The van der Waals surface area contributed by atoms with Gasteiger partial charge in [-0.15, -0.1) is 11.6 Å². The van der Waals surface area contributed by atoms with E-state index in [1.54, 1.807) is 19.3 Å². The van der Waals surface area contributed by atoms with Crippen LogP contribution in [0.2, 0.25) is 0 Å². The molecule has 0 aliphatic heterocycles. The Kier molecular flexibility index (Phi) is 5.01. The first-order valence-electron chi connectivity index (χ1n) is 6.21. The maximum absolute atomic E-state index is 11.7. The van der Waals surface area contributed by atoms with Crippen molar-refractivity contribution < 1.29 is 9.53 Å². The highest BCUT2D eigenvalue weighted by atomic mass is 35.5. The largest absolute Gasteiger partial charge is 0.462 e. The van der Waals surface area contributed by atoms with Crippen LogP contribution in [0.25, 0.3) is 0 Å². The second-order valence-electron chi connectivity index (χ2n) is 4.04. The Bertz CT molecular complexity index is 590. The number of esters is 1. The fourth-order valence-corrected chi connectivity index (χ4v) is 1.91. The topological polar surface area (TPSA) is 65.0 Å². The number of alkyl halides is 1. The molecule has 2 aromatic heterocycles. The molecular formula is C14H14ClN3O2. The first kappa shape index (κ1) is 14.4. The zero-order chi connectivity index (χ0) is 14.4. The molecule has 0 unspecified atom stereocenters. The SMILES string of the molecule is CCOC(=O)c1cnc(Cc2cccnc2)nc1CCl. The van der Waals surface area contributed by atoms with Gasteiger partial charge in [-0.2, -0.15) is 0 Å². The van der Waals surface area contributed by atoms with Gasteiger partial charge in [0.1, 0.15) is 11.4 Å². The number of hydrogen-bond donors (Lipinski definition) is 0. The van der Waals surface area contributed by atoms with Crippen molar-refractivity contribution in [1.82, 2.24) is 15.0 Å². The third-order valence-electron chi connectivity index (χ3n) is 2.62. The predicted molar refractivity (Wildman–Crippen MR) is 74.6 cm³/mol. The summed E-state index contributed by atoms with van der Waals surface area (Å²) in [4.78, 5) is 24.3. The number of hydrogen-bond acceptors (Lipinski definition) is 5. The fourth-order valence-electron chi connectivity index (χ4n) is 1.71. The number of rotatable bonds is 5. The minimum absolute atomic E-state index is 0.136. The average Bonchev–Trinajstić information content (AvgIpc) is 2.48. The van der Waals surface area contributed by atoms with Gasteiger partial charge in [0.15, 0.2) is 0 Å². The standard InChI is InChI=1S/C14H14ClN3O2/c1-2-20-14(19)11-9-17-13(18-12(11)7-15)6-10-4-3-5-16-8-10/h3-5,8-9H,2,6-7H2,1H3. The summed E-state index contributed by atoms with van der Waals surface area (Å²) in [5.41, 5.74) is 1.80. The van der Waals surface area contributed by atoms with Crippen molar-refractivity contribution in [2.75, 3.05) is 6.61 Å². The van der Waals surface area contributed by atoms with Gasteiger partial charge in [-0.3, -0.25) is 4.98 Å². The molecule has 0 radical (unpaired) electrons. The van der Waals surface area contributed by atoms with Crippen molar-refractivity contribution in [2.24, 2.45) is 0 Å². The van der Waals surface area contributed by atoms with Crippen LogP contribution in [0.1, 0.15) is 34.4 Å². The maximum atomic E-state index is 11.7. The Morgan fingerprint density at radius 2 is 2.25 bits per heavy atom. The first-order chi connectivity index (χ1) is 9.74. The van der Waals surface area contributed by atoms with Crippen LogP contribution in [-0.4, -0.2) is 27.5 Å². The van der Waals surface area contributed by atoms with Crippen LogP contribution < -0.4 is 0 Å². The molecule has 0 aromatic carbocycles. The summed E-state index contributed by atoms with van der Waals surface area (Å²) in [6.07, 6.45) is 5.47. The third kappa shape index (κ3) is 3.51. The van der Waals surface area contributed by atoms with Crippen molar-refractivity contribution in [1.29, 1.82) is 0 Å². The molecule has 104 valence electrons. The third-order valence-corrected chi connectivity index (χ3v) is 2.88. The predicted octanol–water partition coefficient (Wildman–Crippen LogP) is 2.38. The van der Waals surface area contributed by atoms with Gasteiger partial charge in [-0.05, 0) is 18.6 Å². The number of halogens is 1. The summed E-state index contributed by atoms with van der Waals surface area (Å²) in [7, 11) is 0. The van der Waals surface area contributed by atoms with Crippen molar-refractivity contribution in [3.8, 4) is 0 Å². The van der Waals surface area contributed by atoms with Crippen LogP contribution in [0.4, 0.5) is 0 Å². The summed E-state index contributed by atoms with van der Waals surface area (Å²) in [5, 5.41) is 0. The van der Waals surface area contributed by atoms with Gasteiger partial charge >= 0.3 is 5.97 Å². The van der Waals surface area contributed by atoms with E-state index in [1.165, 1.54) is 6.20 Å². The number of pyridine rings is 1. The van der Waals surface area contributed by atoms with Crippen LogP contribution >= 0.6 is 11.6 Å². The first-order valence-corrected chi connectivity index (χ1v) is 6.74. The molecule has 0 fully saturated rings. The summed E-state index contributed by atoms with van der Waals surface area (Å²) >= 11 is 5.84. The summed E-state index contributed by atoms with van der Waals surface area (Å²) in [6, 6.07) is 3.79. The summed E-state index contributed by atoms with van der Waals surface area (Å²) < 4.78 is 4.94. The zero-order valence-corrected chi connectivity index (χ0v) is 11.8. The lowest BCUT2D eigenvalue weighted by atomic mass is 10.2. The van der Waals surface area contributed by atoms with E-state index in [-0.39, 0.29) is 5.88 Å². The van der Waals surface area contributed by atoms with E-state index in [0.717, 1.165) is 5.56 Å². The van der Waals surface area contributed by atoms with Crippen molar-refractivity contribution in [2.45, 2.75) is 19.2 Å². The lowest BCUT2D eigenvalue weighted by Gasteiger charge is -2.07. The molecule has 0 spiro atoms. The number of ether oxygens (including phenoxy) is 1. The van der Waals surface area contributed by atoms with E-state index in [0.29, 0.717) is 30.1 Å². The lowest BCUT2D eigenvalue weighted by Crippen LogP contribution is -2.11. The van der Waals surface area contributed by atoms with Gasteiger partial charge in [0.2, 0.25) is 0 Å². The Hall–Kier alpha value is -2.01. The molecular weight excluding hydrogens is 278 g/mol. The van der Waals surface area contributed by atoms with Crippen molar-refractivity contribution in [3.63, 3.8) is 0 Å². The van der Waals surface area contributed by atoms with Crippen LogP contribution in [0.3, 0.4) is 0 Å². The highest BCUT2D eigenvalue weighted by molar-refractivity contribution is 6.17. The molecule has 2 heterocycles. The molecule has 2 aromatic rings. The molecule has 0 N–H and O–H groups in total. The van der Waals surface area contributed by atoms with Gasteiger partial charge in [0, 0.05) is 25.0 Å². The highest BCUT2D eigenvalue weighted by Gasteiger charge is 2.15. The second kappa shape index (κ2) is 6.96. The molecule has 5 nitrogen and oxygen atoms in total. The minimum atomic E-state index is -0.448. The summed E-state index contributed by atoms with van der Waals surface area (Å²) in [5.74, 6) is 0.286. The van der Waals surface area contributed by atoms with Crippen molar-refractivity contribution >= 4 is 17.6 Å². The Morgan fingerprint density at radius 1 is 1.40 bits per heavy atom. The Balaban J connectivity index is 2.23. The number of nitrogens with zero attached hydrogens (tertiary/aromatic N) is 3. The summed E-state index contributed by atoms with van der Waals surface area (Å²) in [6.45, 7) is 2.05. The maximum Gasteiger partial charge on any atom is 0.341 e. The molecule has 0 aliphatic rings. The van der Waals surface area contributed by atoms with E-state index in [9.17, 15) is 4.79 Å². The molecule has 0 amide bonds. The van der Waals surface area contributed by atoms with Crippen LogP contribution in [0.15, 0.2) is 30.7 Å². The van der Waals surface area contributed by atoms with Crippen LogP contribution in [0, 0.1) is 0 Å². The van der Waals surface area contributed by atoms with E-state index in [4.69, 9.17) is 16.3 Å². The lowest BCUT2D eigenvalue weighted by molar-refractivity contribution is 0.0524. The van der Waals surface area contributed by atoms with Gasteiger partial charge in [0.05, 0.1) is 18.2 Å². The van der Waals surface area contributed by atoms with Gasteiger partial charge in [-0.25, -0.2) is 14.8 Å². The number of aromatic nitrogens is 3. The number of carbonyl (C=O) groups excluding carboxylic acids is 1. The normalized spacial score (nSPS) is 10.3. The highest BCUT2D eigenvalue weighted by Crippen LogP contribution is 2.12. The zero-order valence-electron chi connectivity index (χ0n) is 11.0. The quantitative estimate of drug-likeness (QED) is 0.625. The van der Waals surface area contributed by atoms with Crippen LogP contribution in [0.5, 0.6) is 0 Å². The second-order valence-corrected chi connectivity index (χ2v) is 4.31. The van der Waals surface area contributed by atoms with E-state index in [2.05, 4.69) is 15.0 Å². The molecule has 0 saturated carbocycles. The van der Waals surface area contributed by atoms with Crippen molar-refractivity contribution in [3.05, 3.63) is 53.4 Å². The molecule has 0 bridgehead atoms. The van der Waals surface area contributed by atoms with E-state index < -0.39 is 5.97 Å². The van der Waals surface area contributed by atoms with Gasteiger partial charge in [-0.1, -0.05) is 6.07 Å². The van der Waals surface area contributed by atoms with Gasteiger partial charge in [0.25, 0.3) is 0 Å². The molecule has 0 aliphatic carbocycles. The fraction of sp³-hybridized carbons (Fsp3) is 0.286. The minimum Gasteiger partial charge on any atom is -0.462 e. The molecule has 2 rings (SSSR count).